The number of nitrogens with one attached hydrogen (secondary N) is 1. The van der Waals surface area contributed by atoms with E-state index in [1.807, 2.05) is 31.2 Å². The van der Waals surface area contributed by atoms with E-state index < -0.39 is 10.0 Å². The molecule has 1 aliphatic heterocycles. The Morgan fingerprint density at radius 2 is 1.67 bits per heavy atom. The van der Waals surface area contributed by atoms with Gasteiger partial charge in [-0.05, 0) is 49.6 Å². The molecule has 2 aromatic carbocycles. The predicted molar refractivity (Wildman–Crippen MR) is 108 cm³/mol. The number of amides is 1. The number of carbonyl (C=O) groups excluding carboxylic acids is 1. The van der Waals surface area contributed by atoms with Crippen molar-refractivity contribution in [2.45, 2.75) is 24.7 Å². The maximum atomic E-state index is 12.9. The van der Waals surface area contributed by atoms with Gasteiger partial charge in [-0.25, -0.2) is 8.42 Å². The number of anilines is 1. The second-order valence-corrected chi connectivity index (χ2v) is 9.28. The second-order valence-electron chi connectivity index (χ2n) is 6.59. The first-order valence-corrected chi connectivity index (χ1v) is 10.8. The fourth-order valence-corrected chi connectivity index (χ4v) is 5.74. The molecule has 1 fully saturated rings. The Morgan fingerprint density at radius 3 is 2.26 bits per heavy atom. The third-order valence-electron chi connectivity index (χ3n) is 4.63. The molecule has 1 heterocycles. The summed E-state index contributed by atoms with van der Waals surface area (Å²) in [5.74, 6) is -0.327. The van der Waals surface area contributed by atoms with E-state index in [1.165, 1.54) is 16.4 Å². The Morgan fingerprint density at radius 1 is 1.07 bits per heavy atom. The van der Waals surface area contributed by atoms with Gasteiger partial charge in [-0.2, -0.15) is 4.31 Å². The molecule has 27 heavy (non-hydrogen) atoms. The highest BCUT2D eigenvalue weighted by atomic mass is 35.5. The van der Waals surface area contributed by atoms with Crippen molar-refractivity contribution in [2.24, 2.45) is 5.92 Å². The van der Waals surface area contributed by atoms with Gasteiger partial charge in [0.2, 0.25) is 15.9 Å². The molecule has 0 unspecified atom stereocenters. The lowest BCUT2D eigenvalue weighted by Gasteiger charge is -2.31. The van der Waals surface area contributed by atoms with E-state index in [2.05, 4.69) is 5.32 Å². The van der Waals surface area contributed by atoms with Crippen LogP contribution in [0.2, 0.25) is 10.0 Å². The molecule has 1 aliphatic rings. The molecular weight excluding hydrogens is 407 g/mol. The minimum Gasteiger partial charge on any atom is -0.326 e. The molecule has 2 aromatic rings. The van der Waals surface area contributed by atoms with Crippen molar-refractivity contribution < 1.29 is 13.2 Å². The molecular formula is C19H20Cl2N2O3S. The summed E-state index contributed by atoms with van der Waals surface area (Å²) in [6.45, 7) is 2.45. The molecule has 3 rings (SSSR count). The van der Waals surface area contributed by atoms with Gasteiger partial charge < -0.3 is 5.32 Å². The number of carbonyl (C=O) groups is 1. The normalized spacial score (nSPS) is 16.3. The van der Waals surface area contributed by atoms with Crippen LogP contribution in [0, 0.1) is 12.8 Å². The van der Waals surface area contributed by atoms with E-state index in [1.54, 1.807) is 6.07 Å². The molecule has 1 amide bonds. The molecule has 1 N–H and O–H groups in total. The molecule has 1 saturated heterocycles. The Balaban J connectivity index is 1.67. The van der Waals surface area contributed by atoms with Gasteiger partial charge in [-0.3, -0.25) is 4.79 Å². The lowest BCUT2D eigenvalue weighted by Crippen LogP contribution is -2.41. The van der Waals surface area contributed by atoms with Crippen molar-refractivity contribution in [3.63, 3.8) is 0 Å². The SMILES string of the molecule is Cc1cccc(NC(=O)C2CCN(S(=O)(=O)c3c(Cl)cccc3Cl)CC2)c1. The second kappa shape index (κ2) is 8.19. The van der Waals surface area contributed by atoms with Gasteiger partial charge in [0.15, 0.2) is 0 Å². The van der Waals surface area contributed by atoms with Crippen LogP contribution in [0.3, 0.4) is 0 Å². The van der Waals surface area contributed by atoms with Crippen LogP contribution in [0.4, 0.5) is 5.69 Å². The number of hydrogen-bond acceptors (Lipinski definition) is 3. The average molecular weight is 427 g/mol. The molecule has 0 aliphatic carbocycles. The quantitative estimate of drug-likeness (QED) is 0.790. The molecule has 0 bridgehead atoms. The Kier molecular flexibility index (Phi) is 6.11. The molecule has 0 radical (unpaired) electrons. The zero-order valence-corrected chi connectivity index (χ0v) is 17.1. The van der Waals surface area contributed by atoms with Crippen molar-refractivity contribution in [1.82, 2.24) is 4.31 Å². The van der Waals surface area contributed by atoms with Crippen LogP contribution < -0.4 is 5.32 Å². The van der Waals surface area contributed by atoms with E-state index in [-0.39, 0.29) is 39.9 Å². The van der Waals surface area contributed by atoms with E-state index in [9.17, 15) is 13.2 Å². The van der Waals surface area contributed by atoms with E-state index in [0.29, 0.717) is 12.8 Å². The minimum absolute atomic E-state index is 0.0732. The van der Waals surface area contributed by atoms with Crippen LogP contribution >= 0.6 is 23.2 Å². The van der Waals surface area contributed by atoms with Gasteiger partial charge >= 0.3 is 0 Å². The maximum Gasteiger partial charge on any atom is 0.246 e. The smallest absolute Gasteiger partial charge is 0.246 e. The molecule has 0 saturated carbocycles. The number of nitrogens with zero attached hydrogens (tertiary/aromatic N) is 1. The summed E-state index contributed by atoms with van der Waals surface area (Å²) in [5.41, 5.74) is 1.81. The lowest BCUT2D eigenvalue weighted by atomic mass is 9.97. The van der Waals surface area contributed by atoms with Gasteiger partial charge in [-0.15, -0.1) is 0 Å². The fourth-order valence-electron chi connectivity index (χ4n) is 3.18. The van der Waals surface area contributed by atoms with Crippen LogP contribution in [0.15, 0.2) is 47.4 Å². The Hall–Kier alpha value is -1.60. The van der Waals surface area contributed by atoms with Crippen LogP contribution in [0.25, 0.3) is 0 Å². The van der Waals surface area contributed by atoms with Crippen molar-refractivity contribution in [3.8, 4) is 0 Å². The first-order chi connectivity index (χ1) is 12.8. The van der Waals surface area contributed by atoms with Gasteiger partial charge in [0.25, 0.3) is 0 Å². The van der Waals surface area contributed by atoms with E-state index >= 15 is 0 Å². The summed E-state index contributed by atoms with van der Waals surface area (Å²) in [5, 5.41) is 3.10. The van der Waals surface area contributed by atoms with Crippen LogP contribution in [0.1, 0.15) is 18.4 Å². The first kappa shape index (κ1) is 20.1. The van der Waals surface area contributed by atoms with E-state index in [0.717, 1.165) is 11.3 Å². The van der Waals surface area contributed by atoms with Crippen LogP contribution in [-0.4, -0.2) is 31.7 Å². The van der Waals surface area contributed by atoms with E-state index in [4.69, 9.17) is 23.2 Å². The minimum atomic E-state index is -3.80. The van der Waals surface area contributed by atoms with Crippen LogP contribution in [-0.2, 0) is 14.8 Å². The summed E-state index contributed by atoms with van der Waals surface area (Å²) in [6, 6.07) is 12.2. The number of aryl methyl sites for hydroxylation is 1. The monoisotopic (exact) mass is 426 g/mol. The average Bonchev–Trinajstić information content (AvgIpc) is 2.61. The number of sulfonamides is 1. The van der Waals surface area contributed by atoms with Gasteiger partial charge in [0, 0.05) is 24.7 Å². The van der Waals surface area contributed by atoms with Gasteiger partial charge in [0.05, 0.1) is 10.0 Å². The number of rotatable bonds is 4. The Labute approximate surface area is 169 Å². The fraction of sp³-hybridized carbons (Fsp3) is 0.316. The number of halogens is 2. The van der Waals surface area contributed by atoms with Crippen molar-refractivity contribution in [3.05, 3.63) is 58.1 Å². The zero-order chi connectivity index (χ0) is 19.6. The highest BCUT2D eigenvalue weighted by Gasteiger charge is 2.34. The largest absolute Gasteiger partial charge is 0.326 e. The maximum absolute atomic E-state index is 12.9. The molecule has 0 aromatic heterocycles. The number of piperidine rings is 1. The lowest BCUT2D eigenvalue weighted by molar-refractivity contribution is -0.120. The zero-order valence-electron chi connectivity index (χ0n) is 14.8. The standard InChI is InChI=1S/C19H20Cl2N2O3S/c1-13-4-2-5-15(12-13)22-19(24)14-8-10-23(11-9-14)27(25,26)18-16(20)6-3-7-17(18)21/h2-7,12,14H,8-11H2,1H3,(H,22,24). The molecule has 0 atom stereocenters. The van der Waals surface area contributed by atoms with Crippen molar-refractivity contribution in [2.75, 3.05) is 18.4 Å². The summed E-state index contributed by atoms with van der Waals surface area (Å²) >= 11 is 12.1. The topological polar surface area (TPSA) is 66.5 Å². The van der Waals surface area contributed by atoms with Crippen molar-refractivity contribution in [1.29, 1.82) is 0 Å². The molecule has 8 heteroatoms. The predicted octanol–water partition coefficient (Wildman–Crippen LogP) is 4.34. The highest BCUT2D eigenvalue weighted by molar-refractivity contribution is 7.89. The highest BCUT2D eigenvalue weighted by Crippen LogP contribution is 2.33. The molecule has 0 spiro atoms. The first-order valence-electron chi connectivity index (χ1n) is 8.61. The summed E-state index contributed by atoms with van der Waals surface area (Å²) in [4.78, 5) is 12.4. The van der Waals surface area contributed by atoms with Crippen LogP contribution in [0.5, 0.6) is 0 Å². The third kappa shape index (κ3) is 4.46. The summed E-state index contributed by atoms with van der Waals surface area (Å²) < 4.78 is 27.1. The number of benzene rings is 2. The molecule has 144 valence electrons. The van der Waals surface area contributed by atoms with Gasteiger partial charge in [0.1, 0.15) is 4.90 Å². The summed E-state index contributed by atoms with van der Waals surface area (Å²) in [7, 11) is -3.80. The third-order valence-corrected chi connectivity index (χ3v) is 7.48. The van der Waals surface area contributed by atoms with Crippen molar-refractivity contribution >= 4 is 44.8 Å². The Bertz CT molecular complexity index is 935. The number of hydrogen-bond donors (Lipinski definition) is 1. The molecule has 5 nitrogen and oxygen atoms in total. The summed E-state index contributed by atoms with van der Waals surface area (Å²) in [6.07, 6.45) is 0.887. The van der Waals surface area contributed by atoms with Gasteiger partial charge in [-0.1, -0.05) is 41.4 Å².